The highest BCUT2D eigenvalue weighted by atomic mass is 31.2. The summed E-state index contributed by atoms with van der Waals surface area (Å²) in [5, 5.41) is 14.1. The van der Waals surface area contributed by atoms with Crippen LogP contribution >= 0.6 is 7.82 Å². The van der Waals surface area contributed by atoms with Gasteiger partial charge in [-0.3, -0.25) is 9.36 Å². The Bertz CT molecular complexity index is 1430. The van der Waals surface area contributed by atoms with Crippen LogP contribution in [0.2, 0.25) is 0 Å². The van der Waals surface area contributed by atoms with E-state index in [-0.39, 0.29) is 19.1 Å². The van der Waals surface area contributed by atoms with Gasteiger partial charge in [0.2, 0.25) is 5.91 Å². The molecule has 0 spiro atoms. The van der Waals surface area contributed by atoms with E-state index in [2.05, 4.69) is 67.8 Å². The Morgan fingerprint density at radius 1 is 0.456 bits per heavy atom. The Morgan fingerprint density at radius 2 is 0.772 bits per heavy atom. The third-order valence-corrected chi connectivity index (χ3v) is 16.8. The van der Waals surface area contributed by atoms with E-state index in [0.29, 0.717) is 23.9 Å². The molecule has 0 aliphatic rings. The van der Waals surface area contributed by atoms with Crippen molar-refractivity contribution >= 4 is 13.7 Å². The molecular formula is C70H135N2O6P. The summed E-state index contributed by atoms with van der Waals surface area (Å²) in [6.07, 6.45) is 82.0. The molecule has 3 unspecified atom stereocenters. The molecule has 466 valence electrons. The molecule has 0 aromatic carbocycles. The number of nitrogens with one attached hydrogen (secondary N) is 1. The number of allylic oxidation sites excluding steroid dienone is 8. The minimum Gasteiger partial charge on any atom is -0.756 e. The Balaban J connectivity index is 3.84. The fourth-order valence-electron chi connectivity index (χ4n) is 10.5. The largest absolute Gasteiger partial charge is 0.756 e. The van der Waals surface area contributed by atoms with Crippen LogP contribution < -0.4 is 10.2 Å². The Kier molecular flexibility index (Phi) is 59.8. The molecule has 0 heterocycles. The standard InChI is InChI=1S/C70H135N2O6P/c1-6-8-10-12-14-16-18-20-22-24-25-26-27-28-29-30-31-32-33-34-35-36-37-38-39-40-41-42-43-44-45-46-47-48-50-52-54-56-58-60-62-64-70(74)71-68(67-78-79(75,76)77-66-65-72(3,4)5)69(73)63-61-59-57-55-53-51-49-23-21-19-17-15-13-11-9-7-2/h8,10,14,16,20,22,25-26,68-69,73H,6-7,9,11-13,15,17-19,21,23-24,27-67H2,1-5H3,(H-,71,74,75,76)/b10-8-,16-14-,22-20-,26-25-. The van der Waals surface area contributed by atoms with E-state index in [0.717, 1.165) is 64.2 Å². The zero-order chi connectivity index (χ0) is 57.7. The van der Waals surface area contributed by atoms with E-state index in [9.17, 15) is 19.4 Å². The molecule has 0 bridgehead atoms. The summed E-state index contributed by atoms with van der Waals surface area (Å²) in [7, 11) is 1.32. The maximum Gasteiger partial charge on any atom is 0.268 e. The fraction of sp³-hybridized carbons (Fsp3) is 0.871. The maximum absolute atomic E-state index is 13.0. The summed E-state index contributed by atoms with van der Waals surface area (Å²) in [6, 6.07) is -0.798. The molecule has 0 fully saturated rings. The average molecular weight is 1130 g/mol. The van der Waals surface area contributed by atoms with E-state index in [1.54, 1.807) is 0 Å². The molecule has 3 atom stereocenters. The zero-order valence-electron chi connectivity index (χ0n) is 53.3. The van der Waals surface area contributed by atoms with Crippen LogP contribution in [0.5, 0.6) is 0 Å². The Hall–Kier alpha value is -1.54. The van der Waals surface area contributed by atoms with Crippen molar-refractivity contribution in [3.05, 3.63) is 48.6 Å². The summed E-state index contributed by atoms with van der Waals surface area (Å²) < 4.78 is 23.5. The Labute approximate surface area is 492 Å². The van der Waals surface area contributed by atoms with Crippen molar-refractivity contribution < 1.29 is 32.9 Å². The highest BCUT2D eigenvalue weighted by Gasteiger charge is 2.24. The number of hydrogen-bond acceptors (Lipinski definition) is 6. The minimum absolute atomic E-state index is 0.0146. The number of carbonyl (C=O) groups excluding carboxylic acids is 1. The van der Waals surface area contributed by atoms with Gasteiger partial charge in [-0.15, -0.1) is 0 Å². The van der Waals surface area contributed by atoms with Gasteiger partial charge >= 0.3 is 0 Å². The van der Waals surface area contributed by atoms with Crippen molar-refractivity contribution in [1.29, 1.82) is 0 Å². The number of unbranched alkanes of at least 4 members (excludes halogenated alkanes) is 43. The number of likely N-dealkylation sites (N-methyl/N-ethyl adjacent to an activating group) is 1. The fourth-order valence-corrected chi connectivity index (χ4v) is 11.2. The summed E-state index contributed by atoms with van der Waals surface area (Å²) in [5.41, 5.74) is 0. The molecule has 1 amide bonds. The molecule has 0 rings (SSSR count). The highest BCUT2D eigenvalue weighted by molar-refractivity contribution is 7.45. The second-order valence-electron chi connectivity index (χ2n) is 24.9. The van der Waals surface area contributed by atoms with Gasteiger partial charge < -0.3 is 28.8 Å². The minimum atomic E-state index is -4.57. The SMILES string of the molecule is CC/C=C\C/C=C\C/C=C\C/C=C\CCCCCCCCCCCCCCCCCCCCCCCCCCCCCCC(=O)NC(COP(=O)([O-])OCC[N+](C)(C)C)C(O)CCCCCCCCCCCCCCCCCC. The van der Waals surface area contributed by atoms with Gasteiger partial charge in [0.1, 0.15) is 13.2 Å². The Morgan fingerprint density at radius 3 is 1.13 bits per heavy atom. The van der Waals surface area contributed by atoms with Crippen LogP contribution in [-0.2, 0) is 18.4 Å². The number of hydrogen-bond donors (Lipinski definition) is 2. The van der Waals surface area contributed by atoms with E-state index in [1.807, 2.05) is 21.1 Å². The highest BCUT2D eigenvalue weighted by Crippen LogP contribution is 2.38. The third kappa shape index (κ3) is 63.9. The van der Waals surface area contributed by atoms with Crippen molar-refractivity contribution in [2.75, 3.05) is 40.9 Å². The number of phosphoric acid groups is 1. The second-order valence-corrected chi connectivity index (χ2v) is 26.3. The molecule has 8 nitrogen and oxygen atoms in total. The first kappa shape index (κ1) is 77.5. The van der Waals surface area contributed by atoms with Gasteiger partial charge in [0.25, 0.3) is 7.82 Å². The summed E-state index contributed by atoms with van der Waals surface area (Å²) in [6.45, 7) is 4.65. The summed E-state index contributed by atoms with van der Waals surface area (Å²) >= 11 is 0. The quantitative estimate of drug-likeness (QED) is 0.0272. The van der Waals surface area contributed by atoms with Gasteiger partial charge in [-0.2, -0.15) is 0 Å². The lowest BCUT2D eigenvalue weighted by molar-refractivity contribution is -0.870. The van der Waals surface area contributed by atoms with Gasteiger partial charge in [-0.1, -0.05) is 332 Å². The first-order chi connectivity index (χ1) is 38.5. The molecule has 0 aromatic heterocycles. The summed E-state index contributed by atoms with van der Waals surface area (Å²) in [5.74, 6) is -0.158. The third-order valence-electron chi connectivity index (χ3n) is 15.8. The zero-order valence-corrected chi connectivity index (χ0v) is 54.2. The number of aliphatic hydroxyl groups is 1. The maximum atomic E-state index is 13.0. The first-order valence-electron chi connectivity index (χ1n) is 34.5. The molecule has 0 saturated heterocycles. The van der Waals surface area contributed by atoms with Gasteiger partial charge in [0, 0.05) is 6.42 Å². The molecule has 79 heavy (non-hydrogen) atoms. The lowest BCUT2D eigenvalue weighted by atomic mass is 10.0. The number of rotatable bonds is 64. The van der Waals surface area contributed by atoms with Crippen molar-refractivity contribution in [2.45, 2.75) is 353 Å². The van der Waals surface area contributed by atoms with Crippen molar-refractivity contribution in [2.24, 2.45) is 0 Å². The van der Waals surface area contributed by atoms with Crippen molar-refractivity contribution in [3.63, 3.8) is 0 Å². The molecule has 0 radical (unpaired) electrons. The average Bonchev–Trinajstić information content (AvgIpc) is 3.42. The lowest BCUT2D eigenvalue weighted by Crippen LogP contribution is -2.46. The molecular weight excluding hydrogens is 996 g/mol. The predicted octanol–water partition coefficient (Wildman–Crippen LogP) is 21.2. The van der Waals surface area contributed by atoms with Crippen LogP contribution in [0.1, 0.15) is 341 Å². The van der Waals surface area contributed by atoms with Gasteiger partial charge in [0.05, 0.1) is 39.9 Å². The molecule has 0 aromatic rings. The van der Waals surface area contributed by atoms with Gasteiger partial charge in [0.15, 0.2) is 0 Å². The van der Waals surface area contributed by atoms with E-state index < -0.39 is 20.0 Å². The first-order valence-corrected chi connectivity index (χ1v) is 35.9. The molecule has 9 heteroatoms. The van der Waals surface area contributed by atoms with Crippen molar-refractivity contribution in [1.82, 2.24) is 5.32 Å². The normalized spacial score (nSPS) is 14.0. The van der Waals surface area contributed by atoms with Crippen LogP contribution in [0.15, 0.2) is 48.6 Å². The summed E-state index contributed by atoms with van der Waals surface area (Å²) in [4.78, 5) is 25.6. The second kappa shape index (κ2) is 61.0. The number of amides is 1. The molecule has 0 aliphatic heterocycles. The van der Waals surface area contributed by atoms with Crippen LogP contribution in [0.3, 0.4) is 0 Å². The van der Waals surface area contributed by atoms with Crippen molar-refractivity contribution in [3.8, 4) is 0 Å². The van der Waals surface area contributed by atoms with E-state index >= 15 is 0 Å². The number of nitrogens with zero attached hydrogens (tertiary/aromatic N) is 1. The number of quaternary nitrogens is 1. The number of carbonyl (C=O) groups is 1. The van der Waals surface area contributed by atoms with Crippen LogP contribution in [0.4, 0.5) is 0 Å². The van der Waals surface area contributed by atoms with E-state index in [4.69, 9.17) is 9.05 Å². The van der Waals surface area contributed by atoms with Gasteiger partial charge in [-0.05, 0) is 51.4 Å². The van der Waals surface area contributed by atoms with Crippen LogP contribution in [0.25, 0.3) is 0 Å². The number of phosphoric ester groups is 1. The van der Waals surface area contributed by atoms with E-state index in [1.165, 1.54) is 250 Å². The molecule has 0 saturated carbocycles. The van der Waals surface area contributed by atoms with Gasteiger partial charge in [-0.25, -0.2) is 0 Å². The predicted molar refractivity (Wildman–Crippen MR) is 344 cm³/mol. The van der Waals surface area contributed by atoms with Crippen LogP contribution in [0, 0.1) is 0 Å². The lowest BCUT2D eigenvalue weighted by Gasteiger charge is -2.30. The van der Waals surface area contributed by atoms with Crippen LogP contribution in [-0.4, -0.2) is 68.5 Å². The smallest absolute Gasteiger partial charge is 0.268 e. The monoisotopic (exact) mass is 1130 g/mol. The number of aliphatic hydroxyl groups excluding tert-OH is 1. The topological polar surface area (TPSA) is 108 Å². The molecule has 2 N–H and O–H groups in total. The molecule has 0 aliphatic carbocycles.